The molecule has 1 heterocycles. The van der Waals surface area contributed by atoms with Crippen LogP contribution in [0.1, 0.15) is 11.7 Å². The molecule has 0 aromatic heterocycles. The third kappa shape index (κ3) is 2.12. The normalized spacial score (nSPS) is 18.4. The second-order valence-corrected chi connectivity index (χ2v) is 4.38. The summed E-state index contributed by atoms with van der Waals surface area (Å²) < 4.78 is 5.32. The van der Waals surface area contributed by atoms with Crippen LogP contribution in [0.2, 0.25) is 0 Å². The van der Waals surface area contributed by atoms with Gasteiger partial charge in [-0.3, -0.25) is 4.90 Å². The van der Waals surface area contributed by atoms with Crippen LogP contribution in [0.4, 0.5) is 10.5 Å². The Kier molecular flexibility index (Phi) is 2.83. The molecule has 96 valence electrons. The zero-order valence-corrected chi connectivity index (χ0v) is 10.2. The van der Waals surface area contributed by atoms with Crippen LogP contribution >= 0.6 is 0 Å². The highest BCUT2D eigenvalue weighted by atomic mass is 16.6. The van der Waals surface area contributed by atoms with Gasteiger partial charge in [-0.15, -0.1) is 0 Å². The first-order chi connectivity index (χ1) is 9.25. The second kappa shape index (κ2) is 4.65. The van der Waals surface area contributed by atoms with Crippen LogP contribution in [0, 0.1) is 0 Å². The fourth-order valence-electron chi connectivity index (χ4n) is 2.20. The fraction of sp³-hybridized carbons (Fsp3) is 0.133. The maximum atomic E-state index is 11.9. The van der Waals surface area contributed by atoms with E-state index in [9.17, 15) is 9.90 Å². The van der Waals surface area contributed by atoms with Gasteiger partial charge in [-0.2, -0.15) is 0 Å². The summed E-state index contributed by atoms with van der Waals surface area (Å²) in [5, 5.41) is 9.80. The van der Waals surface area contributed by atoms with E-state index in [1.807, 2.05) is 36.4 Å². The number of para-hydroxylation sites is 2. The lowest BCUT2D eigenvalue weighted by Crippen LogP contribution is -2.23. The SMILES string of the molecule is O=C1OC(c2ccccc2O)CN1c1ccccc1. The Morgan fingerprint density at radius 1 is 1.05 bits per heavy atom. The average molecular weight is 255 g/mol. The van der Waals surface area contributed by atoms with Crippen molar-refractivity contribution >= 4 is 11.8 Å². The van der Waals surface area contributed by atoms with Gasteiger partial charge in [-0.05, 0) is 18.2 Å². The predicted molar refractivity (Wildman–Crippen MR) is 71.1 cm³/mol. The fourth-order valence-corrected chi connectivity index (χ4v) is 2.20. The maximum Gasteiger partial charge on any atom is 0.415 e. The average Bonchev–Trinajstić information content (AvgIpc) is 2.82. The Bertz CT molecular complexity index is 597. The molecule has 2 aromatic rings. The molecular weight excluding hydrogens is 242 g/mol. The van der Waals surface area contributed by atoms with Crippen molar-refractivity contribution in [2.45, 2.75) is 6.10 Å². The molecule has 2 aromatic carbocycles. The lowest BCUT2D eigenvalue weighted by atomic mass is 10.1. The van der Waals surface area contributed by atoms with Crippen LogP contribution in [0.15, 0.2) is 54.6 Å². The molecule has 0 aliphatic carbocycles. The zero-order chi connectivity index (χ0) is 13.2. The predicted octanol–water partition coefficient (Wildman–Crippen LogP) is 3.09. The van der Waals surface area contributed by atoms with Gasteiger partial charge in [-0.25, -0.2) is 4.79 Å². The van der Waals surface area contributed by atoms with E-state index in [2.05, 4.69) is 0 Å². The van der Waals surface area contributed by atoms with Gasteiger partial charge >= 0.3 is 6.09 Å². The third-order valence-electron chi connectivity index (χ3n) is 3.16. The van der Waals surface area contributed by atoms with E-state index in [1.54, 1.807) is 23.1 Å². The molecule has 1 fully saturated rings. The molecular formula is C15H13NO3. The summed E-state index contributed by atoms with van der Waals surface area (Å²) in [6.45, 7) is 0.403. The highest BCUT2D eigenvalue weighted by Gasteiger charge is 2.34. The van der Waals surface area contributed by atoms with Crippen molar-refractivity contribution in [1.82, 2.24) is 0 Å². The van der Waals surface area contributed by atoms with Gasteiger partial charge in [0.05, 0.1) is 6.54 Å². The molecule has 4 nitrogen and oxygen atoms in total. The maximum absolute atomic E-state index is 11.9. The number of carbonyl (C=O) groups is 1. The molecule has 0 spiro atoms. The van der Waals surface area contributed by atoms with Crippen molar-refractivity contribution in [2.75, 3.05) is 11.4 Å². The summed E-state index contributed by atoms with van der Waals surface area (Å²) in [6, 6.07) is 16.3. The summed E-state index contributed by atoms with van der Waals surface area (Å²) in [7, 11) is 0. The van der Waals surface area contributed by atoms with Gasteiger partial charge in [0.25, 0.3) is 0 Å². The highest BCUT2D eigenvalue weighted by molar-refractivity contribution is 5.89. The number of carbonyl (C=O) groups excluding carboxylic acids is 1. The van der Waals surface area contributed by atoms with Crippen LogP contribution in [-0.2, 0) is 4.74 Å². The number of amides is 1. The minimum atomic E-state index is -0.436. The molecule has 3 rings (SSSR count). The number of phenolic OH excluding ortho intramolecular Hbond substituents is 1. The van der Waals surface area contributed by atoms with Gasteiger partial charge in [0.2, 0.25) is 0 Å². The molecule has 1 N–H and O–H groups in total. The monoisotopic (exact) mass is 255 g/mol. The molecule has 0 radical (unpaired) electrons. The summed E-state index contributed by atoms with van der Waals surface area (Å²) in [5.74, 6) is 0.148. The molecule has 4 heteroatoms. The summed E-state index contributed by atoms with van der Waals surface area (Å²) in [5.41, 5.74) is 1.43. The van der Waals surface area contributed by atoms with Crippen molar-refractivity contribution in [3.8, 4) is 5.75 Å². The van der Waals surface area contributed by atoms with Gasteiger partial charge < -0.3 is 9.84 Å². The first-order valence-corrected chi connectivity index (χ1v) is 6.07. The minimum absolute atomic E-state index is 0.148. The van der Waals surface area contributed by atoms with Crippen LogP contribution in [0.5, 0.6) is 5.75 Å². The number of aromatic hydroxyl groups is 1. The van der Waals surface area contributed by atoms with E-state index >= 15 is 0 Å². The third-order valence-corrected chi connectivity index (χ3v) is 3.16. The number of anilines is 1. The lowest BCUT2D eigenvalue weighted by Gasteiger charge is -2.12. The zero-order valence-electron chi connectivity index (χ0n) is 10.2. The molecule has 1 aliphatic rings. The molecule has 1 atom stereocenters. The minimum Gasteiger partial charge on any atom is -0.508 e. The van der Waals surface area contributed by atoms with E-state index in [4.69, 9.17) is 4.74 Å². The van der Waals surface area contributed by atoms with Crippen molar-refractivity contribution in [2.24, 2.45) is 0 Å². The van der Waals surface area contributed by atoms with E-state index in [-0.39, 0.29) is 11.8 Å². The van der Waals surface area contributed by atoms with Crippen molar-refractivity contribution in [3.63, 3.8) is 0 Å². The number of hydrogen-bond donors (Lipinski definition) is 1. The van der Waals surface area contributed by atoms with Gasteiger partial charge in [0.1, 0.15) is 5.75 Å². The standard InChI is InChI=1S/C15H13NO3/c17-13-9-5-4-8-12(13)14-10-16(15(18)19-14)11-6-2-1-3-7-11/h1-9,14,17H,10H2. The summed E-state index contributed by atoms with van der Waals surface area (Å²) in [4.78, 5) is 13.5. The molecule has 19 heavy (non-hydrogen) atoms. The molecule has 1 saturated heterocycles. The largest absolute Gasteiger partial charge is 0.508 e. The highest BCUT2D eigenvalue weighted by Crippen LogP contribution is 2.33. The van der Waals surface area contributed by atoms with Crippen LogP contribution < -0.4 is 4.90 Å². The van der Waals surface area contributed by atoms with Gasteiger partial charge in [0.15, 0.2) is 6.10 Å². The Labute approximate surface area is 110 Å². The van der Waals surface area contributed by atoms with Crippen LogP contribution in [0.25, 0.3) is 0 Å². The Hall–Kier alpha value is -2.49. The quantitative estimate of drug-likeness (QED) is 0.897. The number of nitrogens with zero attached hydrogens (tertiary/aromatic N) is 1. The Morgan fingerprint density at radius 2 is 1.74 bits per heavy atom. The number of hydrogen-bond acceptors (Lipinski definition) is 3. The van der Waals surface area contributed by atoms with Gasteiger partial charge in [0, 0.05) is 11.3 Å². The Balaban J connectivity index is 1.87. The summed E-state index contributed by atoms with van der Waals surface area (Å²) in [6.07, 6.45) is -0.826. The van der Waals surface area contributed by atoms with Crippen molar-refractivity contribution in [1.29, 1.82) is 0 Å². The number of rotatable bonds is 2. The first-order valence-electron chi connectivity index (χ1n) is 6.07. The second-order valence-electron chi connectivity index (χ2n) is 4.38. The number of phenols is 1. The molecule has 0 saturated carbocycles. The van der Waals surface area contributed by atoms with Gasteiger partial charge in [-0.1, -0.05) is 36.4 Å². The lowest BCUT2D eigenvalue weighted by molar-refractivity contribution is 0.141. The summed E-state index contributed by atoms with van der Waals surface area (Å²) >= 11 is 0. The topological polar surface area (TPSA) is 49.8 Å². The molecule has 1 amide bonds. The van der Waals surface area contributed by atoms with E-state index in [1.165, 1.54) is 0 Å². The first kappa shape index (κ1) is 11.6. The molecule has 1 unspecified atom stereocenters. The smallest absolute Gasteiger partial charge is 0.415 e. The number of ether oxygens (including phenoxy) is 1. The van der Waals surface area contributed by atoms with Crippen molar-refractivity contribution in [3.05, 3.63) is 60.2 Å². The van der Waals surface area contributed by atoms with E-state index < -0.39 is 6.10 Å². The van der Waals surface area contributed by atoms with E-state index in [0.717, 1.165) is 5.69 Å². The molecule has 0 bridgehead atoms. The number of cyclic esters (lactones) is 1. The number of benzene rings is 2. The van der Waals surface area contributed by atoms with Crippen LogP contribution in [-0.4, -0.2) is 17.7 Å². The van der Waals surface area contributed by atoms with Crippen molar-refractivity contribution < 1.29 is 14.6 Å². The van der Waals surface area contributed by atoms with Crippen LogP contribution in [0.3, 0.4) is 0 Å². The Morgan fingerprint density at radius 3 is 2.47 bits per heavy atom. The van der Waals surface area contributed by atoms with E-state index in [0.29, 0.717) is 12.1 Å². The molecule has 1 aliphatic heterocycles.